The Balaban J connectivity index is 1.40. The first-order chi connectivity index (χ1) is 14.2. The number of hydrogen-bond donors (Lipinski definition) is 0. The lowest BCUT2D eigenvalue weighted by Gasteiger charge is -2.38. The quantitative estimate of drug-likeness (QED) is 0.719. The predicted octanol–water partition coefficient (Wildman–Crippen LogP) is 2.95. The molecule has 0 spiro atoms. The first-order valence-corrected chi connectivity index (χ1v) is 10.6. The fourth-order valence-corrected chi connectivity index (χ4v) is 4.81. The summed E-state index contributed by atoms with van der Waals surface area (Å²) in [5.74, 6) is 0.735. The van der Waals surface area contributed by atoms with Gasteiger partial charge in [-0.15, -0.1) is 0 Å². The van der Waals surface area contributed by atoms with Crippen molar-refractivity contribution in [2.75, 3.05) is 39.9 Å². The van der Waals surface area contributed by atoms with Gasteiger partial charge in [0, 0.05) is 32.8 Å². The Kier molecular flexibility index (Phi) is 6.31. The molecule has 0 saturated carbocycles. The lowest BCUT2D eigenvalue weighted by Crippen LogP contribution is -2.47. The molecule has 6 nitrogen and oxygen atoms in total. The summed E-state index contributed by atoms with van der Waals surface area (Å²) in [6.45, 7) is 5.84. The van der Waals surface area contributed by atoms with Crippen molar-refractivity contribution in [3.63, 3.8) is 0 Å². The fourth-order valence-electron chi connectivity index (χ4n) is 4.81. The lowest BCUT2D eigenvalue weighted by atomic mass is 9.95. The third-order valence-corrected chi connectivity index (χ3v) is 6.37. The van der Waals surface area contributed by atoms with Gasteiger partial charge >= 0.3 is 0 Å². The number of benzene rings is 1. The number of nitrogens with zero attached hydrogens (tertiary/aromatic N) is 3. The molecular formula is C23H31N3O3. The van der Waals surface area contributed by atoms with Crippen molar-refractivity contribution in [1.82, 2.24) is 14.8 Å². The highest BCUT2D eigenvalue weighted by molar-refractivity contribution is 5.92. The van der Waals surface area contributed by atoms with Gasteiger partial charge in [0.2, 0.25) is 5.76 Å². The number of hydrogen-bond acceptors (Lipinski definition) is 5. The Hall–Kier alpha value is -2.18. The zero-order chi connectivity index (χ0) is 20.2. The molecule has 0 bridgehead atoms. The minimum absolute atomic E-state index is 0.0811. The van der Waals surface area contributed by atoms with E-state index in [-0.39, 0.29) is 5.91 Å². The van der Waals surface area contributed by atoms with E-state index in [1.165, 1.54) is 23.9 Å². The van der Waals surface area contributed by atoms with Crippen LogP contribution in [0.25, 0.3) is 0 Å². The van der Waals surface area contributed by atoms with Crippen LogP contribution in [-0.4, -0.2) is 66.6 Å². The largest absolute Gasteiger partial charge is 0.438 e. The van der Waals surface area contributed by atoms with Gasteiger partial charge in [-0.25, -0.2) is 4.98 Å². The molecule has 29 heavy (non-hydrogen) atoms. The van der Waals surface area contributed by atoms with Crippen LogP contribution in [0.1, 0.15) is 40.2 Å². The Morgan fingerprint density at radius 2 is 2.07 bits per heavy atom. The molecule has 1 aromatic heterocycles. The van der Waals surface area contributed by atoms with E-state index >= 15 is 0 Å². The minimum atomic E-state index is -0.0811. The first-order valence-electron chi connectivity index (χ1n) is 10.6. The van der Waals surface area contributed by atoms with Crippen molar-refractivity contribution < 1.29 is 13.9 Å². The van der Waals surface area contributed by atoms with E-state index in [4.69, 9.17) is 9.15 Å². The summed E-state index contributed by atoms with van der Waals surface area (Å²) < 4.78 is 10.6. The van der Waals surface area contributed by atoms with Crippen LogP contribution in [-0.2, 0) is 17.6 Å². The van der Waals surface area contributed by atoms with Crippen LogP contribution in [0.15, 0.2) is 35.1 Å². The maximum absolute atomic E-state index is 13.0. The van der Waals surface area contributed by atoms with Gasteiger partial charge < -0.3 is 14.1 Å². The third kappa shape index (κ3) is 4.54. The molecule has 1 fully saturated rings. The summed E-state index contributed by atoms with van der Waals surface area (Å²) in [6.07, 6.45) is 5.98. The number of piperidine rings is 1. The molecule has 1 aromatic carbocycles. The van der Waals surface area contributed by atoms with Crippen molar-refractivity contribution in [1.29, 1.82) is 0 Å². The smallest absolute Gasteiger partial charge is 0.291 e. The van der Waals surface area contributed by atoms with Crippen LogP contribution >= 0.6 is 0 Å². The van der Waals surface area contributed by atoms with Gasteiger partial charge in [-0.2, -0.15) is 0 Å². The molecule has 0 N–H and O–H groups in total. The number of carbonyl (C=O) groups is 1. The number of oxazole rings is 1. The van der Waals surface area contributed by atoms with Crippen LogP contribution < -0.4 is 0 Å². The molecule has 4 rings (SSSR count). The third-order valence-electron chi connectivity index (χ3n) is 6.37. The normalized spacial score (nSPS) is 20.0. The van der Waals surface area contributed by atoms with Gasteiger partial charge in [0.15, 0.2) is 6.39 Å². The summed E-state index contributed by atoms with van der Waals surface area (Å²) in [7, 11) is 1.67. The van der Waals surface area contributed by atoms with E-state index < -0.39 is 0 Å². The molecule has 0 unspecified atom stereocenters. The van der Waals surface area contributed by atoms with Gasteiger partial charge in [-0.05, 0) is 56.2 Å². The van der Waals surface area contributed by atoms with E-state index in [1.54, 1.807) is 7.11 Å². The molecule has 2 aliphatic rings. The second-order valence-corrected chi connectivity index (χ2v) is 8.34. The van der Waals surface area contributed by atoms with Crippen molar-refractivity contribution in [2.45, 2.75) is 38.6 Å². The molecule has 2 aromatic rings. The average Bonchev–Trinajstić information content (AvgIpc) is 3.37. The fraction of sp³-hybridized carbons (Fsp3) is 0.565. The zero-order valence-electron chi connectivity index (χ0n) is 17.5. The number of carbonyl (C=O) groups excluding carboxylic acids is 1. The summed E-state index contributed by atoms with van der Waals surface area (Å²) in [5, 5.41) is 0. The second-order valence-electron chi connectivity index (χ2n) is 8.34. The molecule has 1 aliphatic carbocycles. The van der Waals surface area contributed by atoms with Gasteiger partial charge in [-0.1, -0.05) is 24.3 Å². The number of ether oxygens (including phenoxy) is 1. The van der Waals surface area contributed by atoms with Gasteiger partial charge in [-0.3, -0.25) is 9.69 Å². The van der Waals surface area contributed by atoms with Crippen molar-refractivity contribution in [3.05, 3.63) is 53.2 Å². The summed E-state index contributed by atoms with van der Waals surface area (Å²) in [6, 6.07) is 9.41. The lowest BCUT2D eigenvalue weighted by molar-refractivity contribution is 0.0546. The molecule has 6 heteroatoms. The van der Waals surface area contributed by atoms with Gasteiger partial charge in [0.25, 0.3) is 5.91 Å². The number of rotatable bonds is 7. The minimum Gasteiger partial charge on any atom is -0.438 e. The van der Waals surface area contributed by atoms with Crippen molar-refractivity contribution >= 4 is 5.91 Å². The Bertz CT molecular complexity index is 809. The molecule has 1 amide bonds. The van der Waals surface area contributed by atoms with Crippen LogP contribution in [0.2, 0.25) is 0 Å². The van der Waals surface area contributed by atoms with Gasteiger partial charge in [0.1, 0.15) is 0 Å². The Morgan fingerprint density at radius 3 is 2.72 bits per heavy atom. The highest BCUT2D eigenvalue weighted by Crippen LogP contribution is 2.29. The molecular weight excluding hydrogens is 366 g/mol. The average molecular weight is 398 g/mol. The van der Waals surface area contributed by atoms with Crippen LogP contribution in [0, 0.1) is 12.8 Å². The van der Waals surface area contributed by atoms with Crippen molar-refractivity contribution in [2.24, 2.45) is 5.92 Å². The van der Waals surface area contributed by atoms with E-state index in [1.807, 2.05) is 11.8 Å². The standard InChI is InChI=1S/C23H31N3O3/c1-17-22(29-16-24-17)23(27)26(10-11-28-2)15-18-6-5-9-25(14-18)21-12-19-7-3-4-8-20(19)13-21/h3-4,7-8,16,18,21H,5-6,9-15H2,1-2H3/t18-/m1/s1. The monoisotopic (exact) mass is 397 g/mol. The second kappa shape index (κ2) is 9.09. The molecule has 1 saturated heterocycles. The molecule has 2 heterocycles. The summed E-state index contributed by atoms with van der Waals surface area (Å²) in [5.41, 5.74) is 3.64. The number of methoxy groups -OCH3 is 1. The first kappa shape index (κ1) is 20.1. The highest BCUT2D eigenvalue weighted by Gasteiger charge is 2.32. The van der Waals surface area contributed by atoms with Crippen LogP contribution in [0.3, 0.4) is 0 Å². The maximum atomic E-state index is 13.0. The number of aromatic nitrogens is 1. The predicted molar refractivity (Wildman–Crippen MR) is 111 cm³/mol. The molecule has 156 valence electrons. The summed E-state index contributed by atoms with van der Waals surface area (Å²) in [4.78, 5) is 21.6. The molecule has 1 aliphatic heterocycles. The molecule has 1 atom stereocenters. The SMILES string of the molecule is COCCN(C[C@@H]1CCCN(C2Cc3ccccc3C2)C1)C(=O)c1ocnc1C. The van der Waals surface area contributed by atoms with E-state index in [0.717, 1.165) is 38.9 Å². The number of likely N-dealkylation sites (tertiary alicyclic amines) is 1. The number of fused-ring (bicyclic) bond motifs is 1. The molecule has 0 radical (unpaired) electrons. The van der Waals surface area contributed by atoms with E-state index in [2.05, 4.69) is 34.1 Å². The number of aryl methyl sites for hydroxylation is 1. The van der Waals surface area contributed by atoms with E-state index in [9.17, 15) is 4.79 Å². The Morgan fingerprint density at radius 1 is 1.31 bits per heavy atom. The maximum Gasteiger partial charge on any atom is 0.291 e. The van der Waals surface area contributed by atoms with E-state index in [0.29, 0.717) is 36.6 Å². The van der Waals surface area contributed by atoms with Crippen molar-refractivity contribution in [3.8, 4) is 0 Å². The summed E-state index contributed by atoms with van der Waals surface area (Å²) >= 11 is 0. The number of amides is 1. The Labute approximate surface area is 172 Å². The topological polar surface area (TPSA) is 58.8 Å². The van der Waals surface area contributed by atoms with Crippen LogP contribution in [0.5, 0.6) is 0 Å². The van der Waals surface area contributed by atoms with Crippen LogP contribution in [0.4, 0.5) is 0 Å². The zero-order valence-corrected chi connectivity index (χ0v) is 17.5. The van der Waals surface area contributed by atoms with Gasteiger partial charge in [0.05, 0.1) is 12.3 Å². The highest BCUT2D eigenvalue weighted by atomic mass is 16.5.